The first-order valence-electron chi connectivity index (χ1n) is 7.19. The highest BCUT2D eigenvalue weighted by molar-refractivity contribution is 5.35. The van der Waals surface area contributed by atoms with E-state index in [0.29, 0.717) is 6.04 Å². The van der Waals surface area contributed by atoms with Crippen LogP contribution in [-0.4, -0.2) is 13.7 Å². The number of rotatable bonds is 9. The Morgan fingerprint density at radius 3 is 2.56 bits per heavy atom. The Morgan fingerprint density at radius 1 is 1.11 bits per heavy atom. The van der Waals surface area contributed by atoms with Crippen LogP contribution in [0.2, 0.25) is 0 Å². The van der Waals surface area contributed by atoms with Gasteiger partial charge in [-0.3, -0.25) is 0 Å². The zero-order valence-electron chi connectivity index (χ0n) is 12.0. The molecule has 18 heavy (non-hydrogen) atoms. The molecular weight excluding hydrogens is 222 g/mol. The number of para-hydroxylation sites is 1. The second-order valence-electron chi connectivity index (χ2n) is 4.72. The number of hydrogen-bond acceptors (Lipinski definition) is 2. The van der Waals surface area contributed by atoms with Crippen molar-refractivity contribution in [2.24, 2.45) is 0 Å². The Kier molecular flexibility index (Phi) is 7.51. The standard InChI is InChI=1S/C16H27NO/c1-4-6-7-10-13-17-15(5-2)14-11-8-9-12-16(14)18-3/h8-9,11-12,15,17H,4-7,10,13H2,1-3H3. The lowest BCUT2D eigenvalue weighted by atomic mass is 10.0. The topological polar surface area (TPSA) is 21.3 Å². The molecule has 1 N–H and O–H groups in total. The van der Waals surface area contributed by atoms with Gasteiger partial charge in [-0.25, -0.2) is 0 Å². The number of benzene rings is 1. The third-order valence-electron chi connectivity index (χ3n) is 3.34. The van der Waals surface area contributed by atoms with E-state index in [-0.39, 0.29) is 0 Å². The van der Waals surface area contributed by atoms with E-state index >= 15 is 0 Å². The van der Waals surface area contributed by atoms with E-state index in [1.165, 1.54) is 31.2 Å². The van der Waals surface area contributed by atoms with Gasteiger partial charge in [0.1, 0.15) is 5.75 Å². The van der Waals surface area contributed by atoms with Gasteiger partial charge in [0.25, 0.3) is 0 Å². The van der Waals surface area contributed by atoms with Gasteiger partial charge in [-0.1, -0.05) is 51.3 Å². The van der Waals surface area contributed by atoms with Crippen molar-refractivity contribution in [1.82, 2.24) is 5.32 Å². The average Bonchev–Trinajstić information content (AvgIpc) is 2.43. The van der Waals surface area contributed by atoms with E-state index in [4.69, 9.17) is 4.74 Å². The summed E-state index contributed by atoms with van der Waals surface area (Å²) in [5, 5.41) is 3.64. The summed E-state index contributed by atoms with van der Waals surface area (Å²) in [4.78, 5) is 0. The largest absolute Gasteiger partial charge is 0.496 e. The van der Waals surface area contributed by atoms with E-state index in [1.807, 2.05) is 12.1 Å². The molecule has 0 aliphatic heterocycles. The van der Waals surface area contributed by atoms with Crippen LogP contribution in [0, 0.1) is 0 Å². The molecule has 0 radical (unpaired) electrons. The Hall–Kier alpha value is -1.02. The summed E-state index contributed by atoms with van der Waals surface area (Å²) in [7, 11) is 1.74. The first kappa shape index (κ1) is 15.0. The molecule has 1 aromatic carbocycles. The minimum atomic E-state index is 0.405. The summed E-state index contributed by atoms with van der Waals surface area (Å²) >= 11 is 0. The maximum atomic E-state index is 5.43. The van der Waals surface area contributed by atoms with Crippen molar-refractivity contribution in [2.45, 2.75) is 52.0 Å². The molecule has 1 unspecified atom stereocenters. The fourth-order valence-corrected chi connectivity index (χ4v) is 2.26. The van der Waals surface area contributed by atoms with Crippen molar-refractivity contribution in [2.75, 3.05) is 13.7 Å². The van der Waals surface area contributed by atoms with Gasteiger partial charge in [0.15, 0.2) is 0 Å². The van der Waals surface area contributed by atoms with Gasteiger partial charge in [0.05, 0.1) is 7.11 Å². The molecule has 102 valence electrons. The highest BCUT2D eigenvalue weighted by atomic mass is 16.5. The highest BCUT2D eigenvalue weighted by Gasteiger charge is 2.12. The Morgan fingerprint density at radius 2 is 1.89 bits per heavy atom. The molecule has 1 atom stereocenters. The quantitative estimate of drug-likeness (QED) is 0.658. The predicted molar refractivity (Wildman–Crippen MR) is 78.2 cm³/mol. The van der Waals surface area contributed by atoms with Crippen molar-refractivity contribution in [1.29, 1.82) is 0 Å². The first-order valence-corrected chi connectivity index (χ1v) is 7.19. The van der Waals surface area contributed by atoms with E-state index in [1.54, 1.807) is 7.11 Å². The SMILES string of the molecule is CCCCCCNC(CC)c1ccccc1OC. The molecule has 0 spiro atoms. The molecule has 0 fully saturated rings. The van der Waals surface area contributed by atoms with Crippen molar-refractivity contribution < 1.29 is 4.74 Å². The summed E-state index contributed by atoms with van der Waals surface area (Å²) in [6, 6.07) is 8.71. The lowest BCUT2D eigenvalue weighted by molar-refractivity contribution is 0.396. The van der Waals surface area contributed by atoms with Gasteiger partial charge < -0.3 is 10.1 Å². The van der Waals surface area contributed by atoms with E-state index in [2.05, 4.69) is 31.3 Å². The minimum absolute atomic E-state index is 0.405. The smallest absolute Gasteiger partial charge is 0.123 e. The van der Waals surface area contributed by atoms with Crippen LogP contribution in [0.5, 0.6) is 5.75 Å². The number of unbranched alkanes of at least 4 members (excludes halogenated alkanes) is 3. The van der Waals surface area contributed by atoms with E-state index < -0.39 is 0 Å². The molecule has 0 aliphatic carbocycles. The third-order valence-corrected chi connectivity index (χ3v) is 3.34. The van der Waals surface area contributed by atoms with Gasteiger partial charge in [-0.05, 0) is 25.5 Å². The number of ether oxygens (including phenoxy) is 1. The summed E-state index contributed by atoms with van der Waals surface area (Å²) in [6.07, 6.45) is 6.32. The van der Waals surface area contributed by atoms with Crippen molar-refractivity contribution in [3.63, 3.8) is 0 Å². The zero-order valence-corrected chi connectivity index (χ0v) is 12.0. The molecule has 1 aromatic rings. The third kappa shape index (κ3) is 4.69. The molecule has 2 nitrogen and oxygen atoms in total. The van der Waals surface area contributed by atoms with Gasteiger partial charge in [0, 0.05) is 11.6 Å². The van der Waals surface area contributed by atoms with E-state index in [9.17, 15) is 0 Å². The van der Waals surface area contributed by atoms with Gasteiger partial charge in [0.2, 0.25) is 0 Å². The second kappa shape index (κ2) is 8.98. The van der Waals surface area contributed by atoms with Crippen molar-refractivity contribution >= 4 is 0 Å². The summed E-state index contributed by atoms with van der Waals surface area (Å²) in [6.45, 7) is 5.56. The fraction of sp³-hybridized carbons (Fsp3) is 0.625. The summed E-state index contributed by atoms with van der Waals surface area (Å²) < 4.78 is 5.43. The summed E-state index contributed by atoms with van der Waals surface area (Å²) in [5.74, 6) is 0.991. The number of hydrogen-bond donors (Lipinski definition) is 1. The van der Waals surface area contributed by atoms with Crippen molar-refractivity contribution in [3.8, 4) is 5.75 Å². The normalized spacial score (nSPS) is 12.4. The number of nitrogens with one attached hydrogen (secondary N) is 1. The maximum absolute atomic E-state index is 5.43. The molecule has 0 saturated heterocycles. The molecule has 1 rings (SSSR count). The fourth-order valence-electron chi connectivity index (χ4n) is 2.26. The van der Waals surface area contributed by atoms with Crippen LogP contribution in [0.3, 0.4) is 0 Å². The van der Waals surface area contributed by atoms with E-state index in [0.717, 1.165) is 18.7 Å². The monoisotopic (exact) mass is 249 g/mol. The van der Waals surface area contributed by atoms with Crippen LogP contribution in [0.15, 0.2) is 24.3 Å². The van der Waals surface area contributed by atoms with Gasteiger partial charge >= 0.3 is 0 Å². The average molecular weight is 249 g/mol. The number of methoxy groups -OCH3 is 1. The Balaban J connectivity index is 2.49. The van der Waals surface area contributed by atoms with Crippen LogP contribution in [0.4, 0.5) is 0 Å². The molecule has 0 bridgehead atoms. The highest BCUT2D eigenvalue weighted by Crippen LogP contribution is 2.26. The van der Waals surface area contributed by atoms with Crippen LogP contribution >= 0.6 is 0 Å². The molecular formula is C16H27NO. The molecule has 0 amide bonds. The van der Waals surface area contributed by atoms with Crippen molar-refractivity contribution in [3.05, 3.63) is 29.8 Å². The van der Waals surface area contributed by atoms with Crippen LogP contribution < -0.4 is 10.1 Å². The lowest BCUT2D eigenvalue weighted by Gasteiger charge is -2.19. The van der Waals surface area contributed by atoms with Crippen LogP contribution in [-0.2, 0) is 0 Å². The molecule has 0 heterocycles. The maximum Gasteiger partial charge on any atom is 0.123 e. The molecule has 0 saturated carbocycles. The predicted octanol–water partition coefficient (Wildman–Crippen LogP) is 4.32. The van der Waals surface area contributed by atoms with Crippen LogP contribution in [0.25, 0.3) is 0 Å². The Labute approximate surface area is 112 Å². The molecule has 0 aromatic heterocycles. The first-order chi connectivity index (χ1) is 8.83. The lowest BCUT2D eigenvalue weighted by Crippen LogP contribution is -2.22. The van der Waals surface area contributed by atoms with Crippen LogP contribution in [0.1, 0.15) is 57.6 Å². The second-order valence-corrected chi connectivity index (χ2v) is 4.72. The zero-order chi connectivity index (χ0) is 13.2. The van der Waals surface area contributed by atoms with Gasteiger partial charge in [-0.2, -0.15) is 0 Å². The summed E-state index contributed by atoms with van der Waals surface area (Å²) in [5.41, 5.74) is 1.28. The minimum Gasteiger partial charge on any atom is -0.496 e. The molecule has 0 aliphatic rings. The van der Waals surface area contributed by atoms with Gasteiger partial charge in [-0.15, -0.1) is 0 Å². The Bertz CT molecular complexity index is 325. The molecule has 2 heteroatoms.